The van der Waals surface area contributed by atoms with Crippen LogP contribution in [0.1, 0.15) is 82.6 Å². The number of hydrogen-bond acceptors (Lipinski definition) is 0. The zero-order valence-electron chi connectivity index (χ0n) is 14.4. The normalized spacial score (nSPS) is 32.0. The predicted molar refractivity (Wildman–Crippen MR) is 91.4 cm³/mol. The van der Waals surface area contributed by atoms with E-state index in [2.05, 4.69) is 6.92 Å². The Morgan fingerprint density at radius 2 is 1.48 bits per heavy atom. The van der Waals surface area contributed by atoms with Crippen LogP contribution in [0.15, 0.2) is 18.2 Å². The molecule has 0 radical (unpaired) electrons. The molecule has 2 aliphatic rings. The van der Waals surface area contributed by atoms with E-state index in [1.54, 1.807) is 6.07 Å². The molecular weight excluding hydrogens is 290 g/mol. The molecule has 0 aromatic heterocycles. The third-order valence-electron chi connectivity index (χ3n) is 6.43. The molecule has 2 aliphatic carbocycles. The van der Waals surface area contributed by atoms with E-state index in [0.717, 1.165) is 42.2 Å². The van der Waals surface area contributed by atoms with Crippen molar-refractivity contribution in [1.82, 2.24) is 0 Å². The molecule has 0 heterocycles. The summed E-state index contributed by atoms with van der Waals surface area (Å²) < 4.78 is 27.0. The number of hydrogen-bond donors (Lipinski definition) is 0. The second kappa shape index (κ2) is 7.77. The Morgan fingerprint density at radius 3 is 2.04 bits per heavy atom. The van der Waals surface area contributed by atoms with Gasteiger partial charge >= 0.3 is 0 Å². The van der Waals surface area contributed by atoms with Crippen molar-refractivity contribution >= 4 is 0 Å². The predicted octanol–water partition coefficient (Wildman–Crippen LogP) is 6.85. The van der Waals surface area contributed by atoms with E-state index < -0.39 is 5.82 Å². The standard InChI is InChI=1S/C21H30F2/c1-2-3-15-4-6-16(7-5-15)17-8-10-18(11-9-17)20-13-12-19(22)14-21(20)23/h12-18H,2-11H2,1H3/t15-,16-,17?,18?. The molecule has 128 valence electrons. The summed E-state index contributed by atoms with van der Waals surface area (Å²) in [5.41, 5.74) is 0.733. The molecule has 1 aromatic carbocycles. The molecule has 1 aromatic rings. The third kappa shape index (κ3) is 4.14. The molecular formula is C21H30F2. The van der Waals surface area contributed by atoms with Crippen molar-refractivity contribution < 1.29 is 8.78 Å². The van der Waals surface area contributed by atoms with Crippen molar-refractivity contribution in [3.63, 3.8) is 0 Å². The summed E-state index contributed by atoms with van der Waals surface area (Å²) in [6.45, 7) is 2.29. The van der Waals surface area contributed by atoms with Gasteiger partial charge in [0.15, 0.2) is 0 Å². The van der Waals surface area contributed by atoms with Crippen molar-refractivity contribution in [3.05, 3.63) is 35.4 Å². The van der Waals surface area contributed by atoms with Crippen LogP contribution < -0.4 is 0 Å². The van der Waals surface area contributed by atoms with E-state index in [-0.39, 0.29) is 5.82 Å². The fourth-order valence-corrected chi connectivity index (χ4v) is 5.09. The Hall–Kier alpha value is -0.920. The monoisotopic (exact) mass is 320 g/mol. The van der Waals surface area contributed by atoms with Crippen molar-refractivity contribution in [2.24, 2.45) is 17.8 Å². The SMILES string of the molecule is CCC[C@H]1CC[C@H](C2CCC(c3ccc(F)cc3F)CC2)CC1. The molecule has 0 amide bonds. The van der Waals surface area contributed by atoms with Gasteiger partial charge in [0.1, 0.15) is 11.6 Å². The van der Waals surface area contributed by atoms with E-state index >= 15 is 0 Å². The van der Waals surface area contributed by atoms with Crippen molar-refractivity contribution in [2.75, 3.05) is 0 Å². The molecule has 2 saturated carbocycles. The summed E-state index contributed by atoms with van der Waals surface area (Å²) in [7, 11) is 0. The van der Waals surface area contributed by atoms with E-state index in [9.17, 15) is 8.78 Å². The summed E-state index contributed by atoms with van der Waals surface area (Å²) in [4.78, 5) is 0. The summed E-state index contributed by atoms with van der Waals surface area (Å²) >= 11 is 0. The van der Waals surface area contributed by atoms with Crippen LogP contribution in [0.3, 0.4) is 0 Å². The Morgan fingerprint density at radius 1 is 0.870 bits per heavy atom. The molecule has 0 aliphatic heterocycles. The van der Waals surface area contributed by atoms with Gasteiger partial charge < -0.3 is 0 Å². The summed E-state index contributed by atoms with van der Waals surface area (Å²) in [6, 6.07) is 4.10. The van der Waals surface area contributed by atoms with Crippen LogP contribution in [0.2, 0.25) is 0 Å². The van der Waals surface area contributed by atoms with Gasteiger partial charge in [-0.3, -0.25) is 0 Å². The average molecular weight is 320 g/mol. The molecule has 0 atom stereocenters. The highest BCUT2D eigenvalue weighted by molar-refractivity contribution is 5.23. The van der Waals surface area contributed by atoms with Crippen LogP contribution in [0.5, 0.6) is 0 Å². The van der Waals surface area contributed by atoms with Crippen molar-refractivity contribution in [1.29, 1.82) is 0 Å². The molecule has 0 spiro atoms. The Bertz CT molecular complexity index is 495. The minimum Gasteiger partial charge on any atom is -0.207 e. The second-order valence-electron chi connectivity index (χ2n) is 7.85. The fraction of sp³-hybridized carbons (Fsp3) is 0.714. The lowest BCUT2D eigenvalue weighted by Gasteiger charge is -2.38. The van der Waals surface area contributed by atoms with Gasteiger partial charge in [0.05, 0.1) is 0 Å². The Labute approximate surface area is 139 Å². The molecule has 0 unspecified atom stereocenters. The molecule has 2 fully saturated rings. The molecule has 0 bridgehead atoms. The fourth-order valence-electron chi connectivity index (χ4n) is 5.09. The summed E-state index contributed by atoms with van der Waals surface area (Å²) in [5, 5.41) is 0. The van der Waals surface area contributed by atoms with Gasteiger partial charge in [0, 0.05) is 6.07 Å². The van der Waals surface area contributed by atoms with Crippen LogP contribution in [0, 0.1) is 29.4 Å². The number of halogens is 2. The molecule has 0 N–H and O–H groups in total. The maximum Gasteiger partial charge on any atom is 0.129 e. The van der Waals surface area contributed by atoms with E-state index in [1.165, 1.54) is 57.4 Å². The first-order valence-corrected chi connectivity index (χ1v) is 9.62. The van der Waals surface area contributed by atoms with E-state index in [4.69, 9.17) is 0 Å². The second-order valence-corrected chi connectivity index (χ2v) is 7.85. The number of rotatable bonds is 4. The highest BCUT2D eigenvalue weighted by Crippen LogP contribution is 2.44. The molecule has 2 heteroatoms. The Kier molecular flexibility index (Phi) is 5.71. The zero-order valence-corrected chi connectivity index (χ0v) is 14.4. The first kappa shape index (κ1) is 16.9. The number of benzene rings is 1. The lowest BCUT2D eigenvalue weighted by molar-refractivity contribution is 0.156. The Balaban J connectivity index is 1.51. The van der Waals surface area contributed by atoms with Crippen LogP contribution in [0.25, 0.3) is 0 Å². The van der Waals surface area contributed by atoms with Gasteiger partial charge in [0.25, 0.3) is 0 Å². The van der Waals surface area contributed by atoms with Crippen LogP contribution in [-0.2, 0) is 0 Å². The lowest BCUT2D eigenvalue weighted by atomic mass is 9.68. The average Bonchev–Trinajstić information content (AvgIpc) is 2.56. The van der Waals surface area contributed by atoms with Crippen LogP contribution in [0.4, 0.5) is 8.78 Å². The smallest absolute Gasteiger partial charge is 0.129 e. The maximum absolute atomic E-state index is 14.0. The van der Waals surface area contributed by atoms with Crippen molar-refractivity contribution in [3.8, 4) is 0 Å². The van der Waals surface area contributed by atoms with Crippen molar-refractivity contribution in [2.45, 2.75) is 77.0 Å². The third-order valence-corrected chi connectivity index (χ3v) is 6.43. The van der Waals surface area contributed by atoms with Gasteiger partial charge in [0.2, 0.25) is 0 Å². The first-order valence-electron chi connectivity index (χ1n) is 9.62. The van der Waals surface area contributed by atoms with Gasteiger partial charge in [-0.1, -0.05) is 38.7 Å². The summed E-state index contributed by atoms with van der Waals surface area (Å²) in [6.07, 6.45) is 13.0. The molecule has 3 rings (SSSR count). The zero-order chi connectivity index (χ0) is 16.2. The largest absolute Gasteiger partial charge is 0.207 e. The molecule has 23 heavy (non-hydrogen) atoms. The maximum atomic E-state index is 14.0. The van der Waals surface area contributed by atoms with Gasteiger partial charge in [-0.15, -0.1) is 0 Å². The van der Waals surface area contributed by atoms with Crippen LogP contribution >= 0.6 is 0 Å². The van der Waals surface area contributed by atoms with E-state index in [1.807, 2.05) is 0 Å². The first-order chi connectivity index (χ1) is 11.2. The van der Waals surface area contributed by atoms with Crippen LogP contribution in [-0.4, -0.2) is 0 Å². The topological polar surface area (TPSA) is 0 Å². The minimum atomic E-state index is -0.469. The lowest BCUT2D eigenvalue weighted by Crippen LogP contribution is -2.25. The minimum absolute atomic E-state index is 0.295. The molecule has 0 nitrogen and oxygen atoms in total. The highest BCUT2D eigenvalue weighted by Gasteiger charge is 2.31. The summed E-state index contributed by atoms with van der Waals surface area (Å²) in [5.74, 6) is 2.20. The molecule has 0 saturated heterocycles. The van der Waals surface area contributed by atoms with E-state index in [0.29, 0.717) is 5.92 Å². The van der Waals surface area contributed by atoms with Gasteiger partial charge in [-0.05, 0) is 73.8 Å². The highest BCUT2D eigenvalue weighted by atomic mass is 19.1. The van der Waals surface area contributed by atoms with Gasteiger partial charge in [-0.25, -0.2) is 8.78 Å². The van der Waals surface area contributed by atoms with Gasteiger partial charge in [-0.2, -0.15) is 0 Å². The quantitative estimate of drug-likeness (QED) is 0.569.